The Morgan fingerprint density at radius 1 is 1.11 bits per heavy atom. The van der Waals surface area contributed by atoms with Crippen molar-refractivity contribution in [3.63, 3.8) is 0 Å². The fourth-order valence-corrected chi connectivity index (χ4v) is 3.57. The number of unbranched alkanes of at least 4 members (excludes halogenated alkanes) is 2. The molecule has 6 heteroatoms. The number of hydrogen-bond donors (Lipinski definition) is 2. The van der Waals surface area contributed by atoms with Gasteiger partial charge in [0.2, 0.25) is 5.91 Å². The summed E-state index contributed by atoms with van der Waals surface area (Å²) in [6, 6.07) is 15.3. The Morgan fingerprint density at radius 2 is 1.93 bits per heavy atom. The van der Waals surface area contributed by atoms with Gasteiger partial charge in [-0.3, -0.25) is 4.79 Å². The molecule has 1 aromatic heterocycles. The summed E-state index contributed by atoms with van der Waals surface area (Å²) in [5.74, 6) is 0.0675. The summed E-state index contributed by atoms with van der Waals surface area (Å²) in [6.07, 6.45) is 3.70. The highest BCUT2D eigenvalue weighted by atomic mass is 35.5. The smallest absolute Gasteiger partial charge is 0.224 e. The molecule has 0 atom stereocenters. The molecule has 3 aromatic rings. The van der Waals surface area contributed by atoms with Gasteiger partial charge in [0.05, 0.1) is 5.69 Å². The molecule has 140 valence electrons. The standard InChI is InChI=1S/C21H22ClN3OS/c1-2-3-4-8-20(26)23-17-11-9-15(10-12-17)19-14-27-21(25-19)24-18-7-5-6-16(22)13-18/h5-7,9-14H,2-4,8H2,1H3,(H,23,26)(H,24,25). The fraction of sp³-hybridized carbons (Fsp3) is 0.238. The number of thiazole rings is 1. The summed E-state index contributed by atoms with van der Waals surface area (Å²) in [5.41, 5.74) is 3.62. The average Bonchev–Trinajstić information content (AvgIpc) is 3.11. The second kappa shape index (κ2) is 9.53. The number of hydrogen-bond acceptors (Lipinski definition) is 4. The lowest BCUT2D eigenvalue weighted by molar-refractivity contribution is -0.116. The lowest BCUT2D eigenvalue weighted by Gasteiger charge is -2.06. The van der Waals surface area contributed by atoms with E-state index in [-0.39, 0.29) is 5.91 Å². The van der Waals surface area contributed by atoms with Crippen LogP contribution in [-0.4, -0.2) is 10.9 Å². The number of carbonyl (C=O) groups is 1. The third-order valence-electron chi connectivity index (χ3n) is 4.05. The van der Waals surface area contributed by atoms with Crippen LogP contribution in [0.25, 0.3) is 11.3 Å². The summed E-state index contributed by atoms with van der Waals surface area (Å²) in [7, 11) is 0. The second-order valence-electron chi connectivity index (χ2n) is 6.26. The van der Waals surface area contributed by atoms with Gasteiger partial charge in [-0.15, -0.1) is 11.3 Å². The zero-order valence-corrected chi connectivity index (χ0v) is 16.7. The summed E-state index contributed by atoms with van der Waals surface area (Å²) >= 11 is 7.55. The molecule has 4 nitrogen and oxygen atoms in total. The van der Waals surface area contributed by atoms with E-state index in [1.807, 2.05) is 53.9 Å². The SMILES string of the molecule is CCCCCC(=O)Nc1ccc(-c2csc(Nc3cccc(Cl)c3)n2)cc1. The summed E-state index contributed by atoms with van der Waals surface area (Å²) in [4.78, 5) is 16.5. The van der Waals surface area contributed by atoms with E-state index < -0.39 is 0 Å². The first-order valence-electron chi connectivity index (χ1n) is 9.02. The van der Waals surface area contributed by atoms with Crippen molar-refractivity contribution < 1.29 is 4.79 Å². The van der Waals surface area contributed by atoms with Gasteiger partial charge in [0.15, 0.2) is 5.13 Å². The van der Waals surface area contributed by atoms with E-state index >= 15 is 0 Å². The van der Waals surface area contributed by atoms with Crippen LogP contribution in [0.2, 0.25) is 5.02 Å². The first kappa shape index (κ1) is 19.4. The summed E-state index contributed by atoms with van der Waals surface area (Å²) < 4.78 is 0. The van der Waals surface area contributed by atoms with Gasteiger partial charge in [0.25, 0.3) is 0 Å². The van der Waals surface area contributed by atoms with E-state index in [0.29, 0.717) is 11.4 Å². The third kappa shape index (κ3) is 5.81. The van der Waals surface area contributed by atoms with Crippen LogP contribution in [0.4, 0.5) is 16.5 Å². The summed E-state index contributed by atoms with van der Waals surface area (Å²) in [6.45, 7) is 2.13. The van der Waals surface area contributed by atoms with Gasteiger partial charge in [-0.1, -0.05) is 49.6 Å². The molecule has 3 rings (SSSR count). The number of nitrogens with zero attached hydrogens (tertiary/aromatic N) is 1. The minimum Gasteiger partial charge on any atom is -0.331 e. The number of rotatable bonds is 8. The number of carbonyl (C=O) groups excluding carboxylic acids is 1. The molecular weight excluding hydrogens is 378 g/mol. The Labute approximate surface area is 168 Å². The highest BCUT2D eigenvalue weighted by Crippen LogP contribution is 2.28. The van der Waals surface area contributed by atoms with Gasteiger partial charge in [-0.2, -0.15) is 0 Å². The zero-order chi connectivity index (χ0) is 19.1. The van der Waals surface area contributed by atoms with Crippen molar-refractivity contribution in [1.29, 1.82) is 0 Å². The van der Waals surface area contributed by atoms with Gasteiger partial charge < -0.3 is 10.6 Å². The second-order valence-corrected chi connectivity index (χ2v) is 7.55. The van der Waals surface area contributed by atoms with Crippen molar-refractivity contribution in [3.8, 4) is 11.3 Å². The highest BCUT2D eigenvalue weighted by Gasteiger charge is 2.07. The monoisotopic (exact) mass is 399 g/mol. The molecule has 0 radical (unpaired) electrons. The van der Waals surface area contributed by atoms with Crippen molar-refractivity contribution in [3.05, 3.63) is 58.9 Å². The van der Waals surface area contributed by atoms with Crippen molar-refractivity contribution in [1.82, 2.24) is 4.98 Å². The van der Waals surface area contributed by atoms with Crippen LogP contribution in [0.1, 0.15) is 32.6 Å². The first-order valence-corrected chi connectivity index (χ1v) is 10.3. The zero-order valence-electron chi connectivity index (χ0n) is 15.2. The third-order valence-corrected chi connectivity index (χ3v) is 5.04. The van der Waals surface area contributed by atoms with E-state index in [4.69, 9.17) is 11.6 Å². The number of amides is 1. The molecule has 0 unspecified atom stereocenters. The van der Waals surface area contributed by atoms with Gasteiger partial charge in [-0.25, -0.2) is 4.98 Å². The maximum atomic E-state index is 11.9. The van der Waals surface area contributed by atoms with E-state index in [2.05, 4.69) is 22.5 Å². The van der Waals surface area contributed by atoms with Crippen LogP contribution in [-0.2, 0) is 4.79 Å². The van der Waals surface area contributed by atoms with Gasteiger partial charge in [-0.05, 0) is 36.8 Å². The van der Waals surface area contributed by atoms with E-state index in [0.717, 1.165) is 47.0 Å². The molecule has 2 N–H and O–H groups in total. The molecule has 0 aliphatic heterocycles. The Morgan fingerprint density at radius 3 is 2.67 bits per heavy atom. The van der Waals surface area contributed by atoms with Crippen LogP contribution >= 0.6 is 22.9 Å². The van der Waals surface area contributed by atoms with Crippen LogP contribution in [0.3, 0.4) is 0 Å². The molecule has 0 fully saturated rings. The predicted molar refractivity (Wildman–Crippen MR) is 115 cm³/mol. The topological polar surface area (TPSA) is 54.0 Å². The molecule has 0 spiro atoms. The number of aromatic nitrogens is 1. The van der Waals surface area contributed by atoms with Gasteiger partial charge in [0.1, 0.15) is 0 Å². The number of nitrogens with one attached hydrogen (secondary N) is 2. The highest BCUT2D eigenvalue weighted by molar-refractivity contribution is 7.14. The molecular formula is C21H22ClN3OS. The Bertz CT molecular complexity index is 892. The largest absolute Gasteiger partial charge is 0.331 e. The maximum Gasteiger partial charge on any atom is 0.224 e. The first-order chi connectivity index (χ1) is 13.1. The normalized spacial score (nSPS) is 10.6. The molecule has 1 heterocycles. The average molecular weight is 400 g/mol. The Balaban J connectivity index is 1.60. The van der Waals surface area contributed by atoms with Crippen LogP contribution in [0, 0.1) is 0 Å². The molecule has 27 heavy (non-hydrogen) atoms. The van der Waals surface area contributed by atoms with Crippen molar-refractivity contribution >= 4 is 45.4 Å². The minimum absolute atomic E-state index is 0.0675. The molecule has 0 saturated heterocycles. The molecule has 0 aliphatic carbocycles. The van der Waals surface area contributed by atoms with Crippen molar-refractivity contribution in [2.45, 2.75) is 32.6 Å². The van der Waals surface area contributed by atoms with Gasteiger partial charge >= 0.3 is 0 Å². The maximum absolute atomic E-state index is 11.9. The predicted octanol–water partition coefficient (Wildman–Crippen LogP) is 6.73. The van der Waals surface area contributed by atoms with E-state index in [1.54, 1.807) is 0 Å². The van der Waals surface area contributed by atoms with E-state index in [1.165, 1.54) is 11.3 Å². The Hall–Kier alpha value is -2.37. The quantitative estimate of drug-likeness (QED) is 0.413. The van der Waals surface area contributed by atoms with Crippen LogP contribution in [0.5, 0.6) is 0 Å². The van der Waals surface area contributed by atoms with Crippen molar-refractivity contribution in [2.75, 3.05) is 10.6 Å². The number of anilines is 3. The lowest BCUT2D eigenvalue weighted by Crippen LogP contribution is -2.10. The molecule has 0 aliphatic rings. The van der Waals surface area contributed by atoms with Crippen LogP contribution in [0.15, 0.2) is 53.9 Å². The van der Waals surface area contributed by atoms with Gasteiger partial charge in [0, 0.05) is 33.8 Å². The number of benzene rings is 2. The number of halogens is 1. The van der Waals surface area contributed by atoms with Crippen molar-refractivity contribution in [2.24, 2.45) is 0 Å². The van der Waals surface area contributed by atoms with E-state index in [9.17, 15) is 4.79 Å². The minimum atomic E-state index is 0.0675. The van der Waals surface area contributed by atoms with Crippen LogP contribution < -0.4 is 10.6 Å². The molecule has 1 amide bonds. The Kier molecular flexibility index (Phi) is 6.85. The molecule has 0 saturated carbocycles. The molecule has 0 bridgehead atoms. The molecule has 2 aromatic carbocycles. The lowest BCUT2D eigenvalue weighted by atomic mass is 10.1. The fourth-order valence-electron chi connectivity index (χ4n) is 2.64. The summed E-state index contributed by atoms with van der Waals surface area (Å²) in [5, 5.41) is 9.70.